The van der Waals surface area contributed by atoms with Crippen LogP contribution in [0.4, 0.5) is 10.2 Å². The van der Waals surface area contributed by atoms with Gasteiger partial charge in [0.2, 0.25) is 0 Å². The first-order valence-corrected chi connectivity index (χ1v) is 7.17. The van der Waals surface area contributed by atoms with Gasteiger partial charge >= 0.3 is 0 Å². The quantitative estimate of drug-likeness (QED) is 0.921. The van der Waals surface area contributed by atoms with Gasteiger partial charge in [0.1, 0.15) is 11.6 Å². The highest BCUT2D eigenvalue weighted by Crippen LogP contribution is 2.18. The van der Waals surface area contributed by atoms with Crippen molar-refractivity contribution < 1.29 is 9.18 Å². The number of rotatable bonds is 5. The summed E-state index contributed by atoms with van der Waals surface area (Å²) in [6.07, 6.45) is 1.11. The van der Waals surface area contributed by atoms with Crippen molar-refractivity contribution in [3.63, 3.8) is 0 Å². The maximum atomic E-state index is 13.3. The Morgan fingerprint density at radius 1 is 1.55 bits per heavy atom. The summed E-state index contributed by atoms with van der Waals surface area (Å²) in [7, 11) is 1.70. The molecule has 2 heterocycles. The maximum absolute atomic E-state index is 13.3. The molecule has 2 aromatic rings. The van der Waals surface area contributed by atoms with Gasteiger partial charge in [-0.25, -0.2) is 9.37 Å². The zero-order chi connectivity index (χ0) is 14.5. The third-order valence-electron chi connectivity index (χ3n) is 2.75. The average molecular weight is 293 g/mol. The monoisotopic (exact) mass is 293 g/mol. The number of anilines is 1. The Kier molecular flexibility index (Phi) is 4.68. The summed E-state index contributed by atoms with van der Waals surface area (Å²) in [6, 6.07) is 5.12. The van der Waals surface area contributed by atoms with Crippen molar-refractivity contribution in [2.45, 2.75) is 13.5 Å². The Labute approximate surface area is 121 Å². The van der Waals surface area contributed by atoms with Crippen molar-refractivity contribution in [2.75, 3.05) is 18.9 Å². The van der Waals surface area contributed by atoms with Crippen LogP contribution in [0.5, 0.6) is 0 Å². The number of aromatic nitrogens is 1. The van der Waals surface area contributed by atoms with Gasteiger partial charge in [0, 0.05) is 18.5 Å². The smallest absolute Gasteiger partial charge is 0.257 e. The van der Waals surface area contributed by atoms with Crippen LogP contribution in [0, 0.1) is 5.82 Å². The normalized spacial score (nSPS) is 10.3. The van der Waals surface area contributed by atoms with Gasteiger partial charge in [-0.05, 0) is 24.4 Å². The molecule has 0 fully saturated rings. The molecule has 0 saturated carbocycles. The topological polar surface area (TPSA) is 45.2 Å². The van der Waals surface area contributed by atoms with E-state index in [4.69, 9.17) is 0 Å². The molecule has 1 amide bonds. The fraction of sp³-hybridized carbons (Fsp3) is 0.286. The first kappa shape index (κ1) is 14.5. The van der Waals surface area contributed by atoms with Gasteiger partial charge < -0.3 is 10.2 Å². The van der Waals surface area contributed by atoms with E-state index in [0.717, 1.165) is 11.1 Å². The minimum absolute atomic E-state index is 0.249. The van der Waals surface area contributed by atoms with E-state index in [9.17, 15) is 9.18 Å². The van der Waals surface area contributed by atoms with E-state index >= 15 is 0 Å². The van der Waals surface area contributed by atoms with Crippen LogP contribution in [0.1, 0.15) is 22.2 Å². The molecule has 0 aliphatic heterocycles. The van der Waals surface area contributed by atoms with E-state index in [0.29, 0.717) is 18.9 Å². The average Bonchev–Trinajstić information content (AvgIpc) is 2.93. The number of carbonyl (C=O) groups is 1. The molecule has 0 saturated heterocycles. The summed E-state index contributed by atoms with van der Waals surface area (Å²) < 4.78 is 13.3. The second-order valence-electron chi connectivity index (χ2n) is 4.32. The van der Waals surface area contributed by atoms with E-state index in [2.05, 4.69) is 10.3 Å². The van der Waals surface area contributed by atoms with Gasteiger partial charge in [-0.1, -0.05) is 6.07 Å². The largest absolute Gasteiger partial charge is 0.370 e. The molecule has 0 aromatic carbocycles. The van der Waals surface area contributed by atoms with Crippen molar-refractivity contribution in [1.29, 1.82) is 0 Å². The molecule has 0 bridgehead atoms. The summed E-state index contributed by atoms with van der Waals surface area (Å²) >= 11 is 1.58. The van der Waals surface area contributed by atoms with Crippen molar-refractivity contribution in [2.24, 2.45) is 0 Å². The lowest BCUT2D eigenvalue weighted by Gasteiger charge is -2.18. The lowest BCUT2D eigenvalue weighted by molar-refractivity contribution is 0.0786. The van der Waals surface area contributed by atoms with E-state index in [1.54, 1.807) is 23.3 Å². The molecular formula is C14H16FN3OS. The molecule has 2 rings (SSSR count). The zero-order valence-electron chi connectivity index (χ0n) is 11.4. The van der Waals surface area contributed by atoms with E-state index in [1.807, 2.05) is 24.4 Å². The molecule has 2 aromatic heterocycles. The minimum atomic E-state index is -0.514. The molecule has 0 aliphatic carbocycles. The Bertz CT molecular complexity index is 586. The Balaban J connectivity index is 2.21. The molecule has 0 aliphatic rings. The minimum Gasteiger partial charge on any atom is -0.370 e. The van der Waals surface area contributed by atoms with Gasteiger partial charge in [0.15, 0.2) is 0 Å². The number of nitrogens with zero attached hydrogens (tertiary/aromatic N) is 2. The summed E-state index contributed by atoms with van der Waals surface area (Å²) in [5.74, 6) is -0.349. The summed E-state index contributed by atoms with van der Waals surface area (Å²) in [6.45, 7) is 3.01. The first-order valence-electron chi connectivity index (χ1n) is 6.29. The van der Waals surface area contributed by atoms with Crippen molar-refractivity contribution in [3.8, 4) is 0 Å². The number of hydrogen-bond donors (Lipinski definition) is 1. The third kappa shape index (κ3) is 3.33. The van der Waals surface area contributed by atoms with Crippen molar-refractivity contribution in [1.82, 2.24) is 9.88 Å². The van der Waals surface area contributed by atoms with Crippen LogP contribution < -0.4 is 5.32 Å². The first-order chi connectivity index (χ1) is 9.61. The van der Waals surface area contributed by atoms with Gasteiger partial charge in [-0.3, -0.25) is 4.79 Å². The zero-order valence-corrected chi connectivity index (χ0v) is 12.2. The van der Waals surface area contributed by atoms with Gasteiger partial charge in [-0.2, -0.15) is 0 Å². The van der Waals surface area contributed by atoms with Crippen LogP contribution in [-0.2, 0) is 6.54 Å². The fourth-order valence-electron chi connectivity index (χ4n) is 1.82. The van der Waals surface area contributed by atoms with Crippen LogP contribution in [0.25, 0.3) is 0 Å². The second-order valence-corrected chi connectivity index (χ2v) is 5.35. The van der Waals surface area contributed by atoms with Crippen LogP contribution in [0.15, 0.2) is 29.8 Å². The van der Waals surface area contributed by atoms with Crippen LogP contribution in [-0.4, -0.2) is 29.4 Å². The number of halogens is 1. The molecule has 4 nitrogen and oxygen atoms in total. The number of pyridine rings is 1. The number of hydrogen-bond acceptors (Lipinski definition) is 4. The van der Waals surface area contributed by atoms with Crippen LogP contribution in [0.3, 0.4) is 0 Å². The molecule has 0 atom stereocenters. The Morgan fingerprint density at radius 3 is 3.00 bits per heavy atom. The maximum Gasteiger partial charge on any atom is 0.257 e. The molecule has 1 N–H and O–H groups in total. The molecule has 0 spiro atoms. The lowest BCUT2D eigenvalue weighted by Crippen LogP contribution is -2.27. The van der Waals surface area contributed by atoms with E-state index in [1.165, 1.54) is 6.07 Å². The highest BCUT2D eigenvalue weighted by molar-refractivity contribution is 7.09. The Hall–Kier alpha value is -1.95. The highest BCUT2D eigenvalue weighted by atomic mass is 32.1. The third-order valence-corrected chi connectivity index (χ3v) is 3.61. The summed E-state index contributed by atoms with van der Waals surface area (Å²) in [4.78, 5) is 19.0. The van der Waals surface area contributed by atoms with Crippen molar-refractivity contribution in [3.05, 3.63) is 46.0 Å². The second kappa shape index (κ2) is 6.47. The lowest BCUT2D eigenvalue weighted by atomic mass is 10.2. The number of nitrogens with one attached hydrogen (secondary N) is 1. The SMILES string of the molecule is CCNc1ncc(F)cc1C(=O)N(C)Cc1cccs1. The molecule has 0 radical (unpaired) electrons. The van der Waals surface area contributed by atoms with Gasteiger partial charge in [-0.15, -0.1) is 11.3 Å². The van der Waals surface area contributed by atoms with Crippen molar-refractivity contribution >= 4 is 23.1 Å². The molecule has 20 heavy (non-hydrogen) atoms. The number of thiophene rings is 1. The molecular weight excluding hydrogens is 277 g/mol. The molecule has 6 heteroatoms. The standard InChI is InChI=1S/C14H16FN3OS/c1-3-16-13-12(7-10(15)8-17-13)14(19)18(2)9-11-5-4-6-20-11/h4-8H,3,9H2,1-2H3,(H,16,17). The highest BCUT2D eigenvalue weighted by Gasteiger charge is 2.18. The van der Waals surface area contributed by atoms with Gasteiger partial charge in [0.05, 0.1) is 18.3 Å². The number of carbonyl (C=O) groups excluding carboxylic acids is 1. The number of amides is 1. The predicted octanol–water partition coefficient (Wildman–Crippen LogP) is 2.99. The van der Waals surface area contributed by atoms with E-state index < -0.39 is 5.82 Å². The van der Waals surface area contributed by atoms with Gasteiger partial charge in [0.25, 0.3) is 5.91 Å². The Morgan fingerprint density at radius 2 is 2.35 bits per heavy atom. The van der Waals surface area contributed by atoms with Crippen LogP contribution >= 0.6 is 11.3 Å². The van der Waals surface area contributed by atoms with Crippen LogP contribution in [0.2, 0.25) is 0 Å². The fourth-order valence-corrected chi connectivity index (χ4v) is 2.58. The molecule has 106 valence electrons. The molecule has 0 unspecified atom stereocenters. The summed E-state index contributed by atoms with van der Waals surface area (Å²) in [5.41, 5.74) is 0.255. The predicted molar refractivity (Wildman–Crippen MR) is 78.5 cm³/mol. The summed E-state index contributed by atoms with van der Waals surface area (Å²) in [5, 5.41) is 4.94. The van der Waals surface area contributed by atoms with E-state index in [-0.39, 0.29) is 11.5 Å².